The first-order valence-corrected chi connectivity index (χ1v) is 8.33. The third kappa shape index (κ3) is 6.20. The maximum Gasteiger partial charge on any atom is 0.313 e. The zero-order valence-corrected chi connectivity index (χ0v) is 14.0. The summed E-state index contributed by atoms with van der Waals surface area (Å²) in [6.45, 7) is 2.80. The molecule has 128 valence electrons. The molecule has 1 fully saturated rings. The van der Waals surface area contributed by atoms with Crippen LogP contribution in [-0.2, 0) is 14.3 Å². The Balaban J connectivity index is 1.75. The zero-order valence-electron chi connectivity index (χ0n) is 14.0. The van der Waals surface area contributed by atoms with Crippen molar-refractivity contribution >= 4 is 5.97 Å². The van der Waals surface area contributed by atoms with Crippen molar-refractivity contribution in [3.05, 3.63) is 24.3 Å². The second-order valence-corrected chi connectivity index (χ2v) is 5.70. The van der Waals surface area contributed by atoms with Crippen LogP contribution in [0, 0.1) is 0 Å². The van der Waals surface area contributed by atoms with E-state index >= 15 is 0 Å². The predicted molar refractivity (Wildman–Crippen MR) is 86.6 cm³/mol. The second-order valence-electron chi connectivity index (χ2n) is 5.70. The number of hydrogen-bond donors (Lipinski definition) is 0. The fourth-order valence-corrected chi connectivity index (χ4v) is 2.52. The van der Waals surface area contributed by atoms with E-state index in [0.29, 0.717) is 12.4 Å². The first kappa shape index (κ1) is 17.8. The van der Waals surface area contributed by atoms with Gasteiger partial charge in [-0.15, -0.1) is 0 Å². The van der Waals surface area contributed by atoms with Crippen LogP contribution in [0.3, 0.4) is 0 Å². The van der Waals surface area contributed by atoms with Crippen molar-refractivity contribution in [3.63, 3.8) is 0 Å². The molecule has 2 rings (SSSR count). The summed E-state index contributed by atoms with van der Waals surface area (Å²) >= 11 is 0. The van der Waals surface area contributed by atoms with Crippen molar-refractivity contribution in [1.82, 2.24) is 0 Å². The molecule has 1 heterocycles. The van der Waals surface area contributed by atoms with E-state index in [-0.39, 0.29) is 24.8 Å². The van der Waals surface area contributed by atoms with E-state index in [9.17, 15) is 4.79 Å². The summed E-state index contributed by atoms with van der Waals surface area (Å²) in [5, 5.41) is 0. The Kier molecular flexibility index (Phi) is 7.36. The maximum atomic E-state index is 12.0. The van der Waals surface area contributed by atoms with Crippen molar-refractivity contribution in [1.29, 1.82) is 0 Å². The molecule has 5 heteroatoms. The molecule has 0 unspecified atom stereocenters. The molecule has 0 aromatic heterocycles. The number of carbonyl (C=O) groups excluding carboxylic acids is 1. The molecule has 1 aliphatic rings. The minimum atomic E-state index is -0.283. The normalized spacial score (nSPS) is 21.0. The summed E-state index contributed by atoms with van der Waals surface area (Å²) in [6, 6.07) is 6.96. The highest BCUT2D eigenvalue weighted by atomic mass is 16.7. The fourth-order valence-electron chi connectivity index (χ4n) is 2.52. The van der Waals surface area contributed by atoms with E-state index in [2.05, 4.69) is 6.92 Å². The van der Waals surface area contributed by atoms with Gasteiger partial charge in [0.1, 0.15) is 11.5 Å². The van der Waals surface area contributed by atoms with Gasteiger partial charge in [-0.2, -0.15) is 0 Å². The zero-order chi connectivity index (χ0) is 16.5. The Labute approximate surface area is 137 Å². The third-order valence-corrected chi connectivity index (χ3v) is 3.82. The van der Waals surface area contributed by atoms with E-state index < -0.39 is 0 Å². The lowest BCUT2D eigenvalue weighted by Crippen LogP contribution is -2.34. The van der Waals surface area contributed by atoms with Gasteiger partial charge in [0.25, 0.3) is 0 Å². The topological polar surface area (TPSA) is 54.0 Å². The highest BCUT2D eigenvalue weighted by Gasteiger charge is 2.25. The summed E-state index contributed by atoms with van der Waals surface area (Å²) in [5.41, 5.74) is 0. The van der Waals surface area contributed by atoms with Crippen LogP contribution < -0.4 is 9.47 Å². The lowest BCUT2D eigenvalue weighted by atomic mass is 10.1. The van der Waals surface area contributed by atoms with Gasteiger partial charge in [0.05, 0.1) is 26.2 Å². The molecule has 0 amide bonds. The number of methoxy groups -OCH3 is 1. The van der Waals surface area contributed by atoms with Crippen LogP contribution in [0.2, 0.25) is 0 Å². The molecule has 1 aromatic rings. The molecule has 0 spiro atoms. The number of benzene rings is 1. The monoisotopic (exact) mass is 322 g/mol. The van der Waals surface area contributed by atoms with Gasteiger partial charge in [0.2, 0.25) is 0 Å². The van der Waals surface area contributed by atoms with Crippen molar-refractivity contribution in [2.45, 2.75) is 57.8 Å². The average Bonchev–Trinajstić information content (AvgIpc) is 2.56. The molecule has 0 N–H and O–H groups in total. The van der Waals surface area contributed by atoms with E-state index in [1.807, 2.05) is 0 Å². The molecule has 0 radical (unpaired) electrons. The van der Waals surface area contributed by atoms with Crippen molar-refractivity contribution in [2.24, 2.45) is 0 Å². The van der Waals surface area contributed by atoms with Crippen LogP contribution in [-0.4, -0.2) is 32.1 Å². The summed E-state index contributed by atoms with van der Waals surface area (Å²) in [4.78, 5) is 12.0. The Bertz CT molecular complexity index is 471. The Hall–Kier alpha value is -1.59. The lowest BCUT2D eigenvalue weighted by molar-refractivity contribution is -0.217. The molecule has 5 nitrogen and oxygen atoms in total. The van der Waals surface area contributed by atoms with Crippen molar-refractivity contribution < 1.29 is 23.7 Å². The molecule has 2 atom stereocenters. The van der Waals surface area contributed by atoms with Gasteiger partial charge in [-0.05, 0) is 43.5 Å². The Morgan fingerprint density at radius 1 is 1.22 bits per heavy atom. The smallest absolute Gasteiger partial charge is 0.313 e. The maximum absolute atomic E-state index is 12.0. The molecule has 0 saturated carbocycles. The van der Waals surface area contributed by atoms with Crippen LogP contribution in [0.15, 0.2) is 24.3 Å². The van der Waals surface area contributed by atoms with Gasteiger partial charge in [-0.25, -0.2) is 0 Å². The first-order valence-electron chi connectivity index (χ1n) is 8.33. The van der Waals surface area contributed by atoms with Crippen LogP contribution in [0.1, 0.15) is 45.4 Å². The number of ether oxygens (including phenoxy) is 4. The predicted octanol–water partition coefficient (Wildman–Crippen LogP) is 3.70. The highest BCUT2D eigenvalue weighted by molar-refractivity contribution is 5.72. The fraction of sp³-hybridized carbons (Fsp3) is 0.611. The number of rotatable bonds is 8. The van der Waals surface area contributed by atoms with Gasteiger partial charge in [-0.1, -0.05) is 19.8 Å². The molecule has 1 saturated heterocycles. The van der Waals surface area contributed by atoms with Gasteiger partial charge in [0.15, 0.2) is 6.29 Å². The first-order chi connectivity index (χ1) is 11.2. The summed E-state index contributed by atoms with van der Waals surface area (Å²) in [6.07, 6.45) is 4.98. The summed E-state index contributed by atoms with van der Waals surface area (Å²) in [5.74, 6) is 0.962. The number of esters is 1. The molecule has 23 heavy (non-hydrogen) atoms. The van der Waals surface area contributed by atoms with E-state index in [1.165, 1.54) is 12.8 Å². The molecule has 1 aromatic carbocycles. The standard InChI is InChI=1S/C18H26O5/c1-3-4-5-6-18-21-12-11-16(23-18)13-17(19)22-15-9-7-14(20-2)8-10-15/h7-10,16,18H,3-6,11-13H2,1-2H3/t16-,18-/m1/s1. The SMILES string of the molecule is CCCCC[C@@H]1OCC[C@H](CC(=O)Oc2ccc(OC)cc2)O1. The minimum absolute atomic E-state index is 0.124. The highest BCUT2D eigenvalue weighted by Crippen LogP contribution is 2.21. The average molecular weight is 322 g/mol. The summed E-state index contributed by atoms with van der Waals surface area (Å²) < 4.78 is 21.8. The number of carbonyl (C=O) groups is 1. The van der Waals surface area contributed by atoms with Crippen LogP contribution in [0.25, 0.3) is 0 Å². The molecular weight excluding hydrogens is 296 g/mol. The lowest BCUT2D eigenvalue weighted by Gasteiger charge is -2.29. The Morgan fingerprint density at radius 2 is 1.96 bits per heavy atom. The van der Waals surface area contributed by atoms with E-state index in [1.54, 1.807) is 31.4 Å². The van der Waals surface area contributed by atoms with Gasteiger partial charge in [0, 0.05) is 0 Å². The Morgan fingerprint density at radius 3 is 2.65 bits per heavy atom. The van der Waals surface area contributed by atoms with Crippen molar-refractivity contribution in [3.8, 4) is 11.5 Å². The van der Waals surface area contributed by atoms with Crippen LogP contribution in [0.5, 0.6) is 11.5 Å². The number of hydrogen-bond acceptors (Lipinski definition) is 5. The minimum Gasteiger partial charge on any atom is -0.497 e. The van der Waals surface area contributed by atoms with Gasteiger partial charge in [-0.3, -0.25) is 4.79 Å². The second kappa shape index (κ2) is 9.53. The largest absolute Gasteiger partial charge is 0.497 e. The third-order valence-electron chi connectivity index (χ3n) is 3.82. The molecular formula is C18H26O5. The molecule has 0 aliphatic carbocycles. The molecule has 1 aliphatic heterocycles. The van der Waals surface area contributed by atoms with E-state index in [4.69, 9.17) is 18.9 Å². The molecule has 0 bridgehead atoms. The van der Waals surface area contributed by atoms with Crippen LogP contribution in [0.4, 0.5) is 0 Å². The summed E-state index contributed by atoms with van der Waals surface area (Å²) in [7, 11) is 1.60. The van der Waals surface area contributed by atoms with Crippen molar-refractivity contribution in [2.75, 3.05) is 13.7 Å². The number of unbranched alkanes of at least 4 members (excludes halogenated alkanes) is 2. The van der Waals surface area contributed by atoms with Crippen LogP contribution >= 0.6 is 0 Å². The van der Waals surface area contributed by atoms with E-state index in [0.717, 1.165) is 25.0 Å². The quantitative estimate of drug-likeness (QED) is 0.415. The van der Waals surface area contributed by atoms with Gasteiger partial charge >= 0.3 is 5.97 Å². The van der Waals surface area contributed by atoms with Gasteiger partial charge < -0.3 is 18.9 Å².